The van der Waals surface area contributed by atoms with Crippen molar-refractivity contribution in [1.82, 2.24) is 5.43 Å². The van der Waals surface area contributed by atoms with E-state index in [9.17, 15) is 4.79 Å². The van der Waals surface area contributed by atoms with Gasteiger partial charge in [-0.3, -0.25) is 4.79 Å². The van der Waals surface area contributed by atoms with Gasteiger partial charge in [-0.2, -0.15) is 5.10 Å². The van der Waals surface area contributed by atoms with Gasteiger partial charge in [0, 0.05) is 6.42 Å². The van der Waals surface area contributed by atoms with Crippen LogP contribution in [0.1, 0.15) is 24.5 Å². The van der Waals surface area contributed by atoms with Gasteiger partial charge in [0.2, 0.25) is 0 Å². The first-order valence-corrected chi connectivity index (χ1v) is 5.42. The Kier molecular flexibility index (Phi) is 3.01. The molecular formula is C12H15N3O. The van der Waals surface area contributed by atoms with Gasteiger partial charge < -0.3 is 5.73 Å². The second-order valence-corrected chi connectivity index (χ2v) is 3.90. The van der Waals surface area contributed by atoms with Gasteiger partial charge >= 0.3 is 0 Å². The Hall–Kier alpha value is -1.68. The van der Waals surface area contributed by atoms with Crippen LogP contribution in [-0.2, 0) is 11.2 Å². The minimum absolute atomic E-state index is 0.214. The third kappa shape index (κ3) is 2.12. The summed E-state index contributed by atoms with van der Waals surface area (Å²) >= 11 is 0. The molecule has 16 heavy (non-hydrogen) atoms. The molecule has 0 spiro atoms. The normalized spacial score (nSPS) is 20.2. The minimum Gasteiger partial charge on any atom is -0.320 e. The van der Waals surface area contributed by atoms with Crippen molar-refractivity contribution in [2.45, 2.75) is 25.8 Å². The minimum atomic E-state index is -0.488. The highest BCUT2D eigenvalue weighted by atomic mass is 16.2. The fourth-order valence-electron chi connectivity index (χ4n) is 1.67. The van der Waals surface area contributed by atoms with E-state index < -0.39 is 6.04 Å². The van der Waals surface area contributed by atoms with E-state index in [1.54, 1.807) is 0 Å². The molecule has 1 heterocycles. The van der Waals surface area contributed by atoms with Crippen LogP contribution in [0.3, 0.4) is 0 Å². The Morgan fingerprint density at radius 3 is 2.69 bits per heavy atom. The predicted molar refractivity (Wildman–Crippen MR) is 63.1 cm³/mol. The van der Waals surface area contributed by atoms with E-state index in [2.05, 4.69) is 29.6 Å². The van der Waals surface area contributed by atoms with Crippen molar-refractivity contribution < 1.29 is 4.79 Å². The highest BCUT2D eigenvalue weighted by Crippen LogP contribution is 2.11. The molecule has 1 aromatic carbocycles. The lowest BCUT2D eigenvalue weighted by Crippen LogP contribution is -2.44. The zero-order chi connectivity index (χ0) is 11.5. The zero-order valence-electron chi connectivity index (χ0n) is 9.23. The number of rotatable bonds is 2. The number of hydrazone groups is 1. The van der Waals surface area contributed by atoms with Gasteiger partial charge in [0.05, 0.1) is 11.8 Å². The number of aryl methyl sites for hydroxylation is 1. The molecule has 1 aromatic rings. The molecule has 0 saturated carbocycles. The average molecular weight is 217 g/mol. The maximum absolute atomic E-state index is 11.1. The highest BCUT2D eigenvalue weighted by molar-refractivity contribution is 6.05. The molecule has 0 saturated heterocycles. The molecule has 0 unspecified atom stereocenters. The van der Waals surface area contributed by atoms with Crippen molar-refractivity contribution in [2.75, 3.05) is 0 Å². The second kappa shape index (κ2) is 4.45. The molecule has 0 fully saturated rings. The van der Waals surface area contributed by atoms with E-state index >= 15 is 0 Å². The maximum Gasteiger partial charge on any atom is 0.257 e. The second-order valence-electron chi connectivity index (χ2n) is 3.90. The fourth-order valence-corrected chi connectivity index (χ4v) is 1.67. The number of carbonyl (C=O) groups excluding carboxylic acids is 1. The van der Waals surface area contributed by atoms with Crippen molar-refractivity contribution >= 4 is 11.6 Å². The van der Waals surface area contributed by atoms with Crippen LogP contribution in [-0.4, -0.2) is 17.7 Å². The molecule has 4 heteroatoms. The third-order valence-corrected chi connectivity index (χ3v) is 2.75. The Morgan fingerprint density at radius 2 is 2.12 bits per heavy atom. The summed E-state index contributed by atoms with van der Waals surface area (Å²) in [4.78, 5) is 11.1. The number of hydrogen-bond acceptors (Lipinski definition) is 3. The van der Waals surface area contributed by atoms with Crippen molar-refractivity contribution in [3.05, 3.63) is 35.4 Å². The van der Waals surface area contributed by atoms with E-state index in [1.165, 1.54) is 5.56 Å². The van der Waals surface area contributed by atoms with E-state index in [0.29, 0.717) is 6.42 Å². The number of carbonyl (C=O) groups is 1. The Labute approximate surface area is 94.5 Å². The van der Waals surface area contributed by atoms with E-state index in [4.69, 9.17) is 5.73 Å². The lowest BCUT2D eigenvalue weighted by atomic mass is 10.00. The third-order valence-electron chi connectivity index (χ3n) is 2.75. The predicted octanol–water partition coefficient (Wildman–Crippen LogP) is 0.800. The lowest BCUT2D eigenvalue weighted by molar-refractivity contribution is -0.122. The summed E-state index contributed by atoms with van der Waals surface area (Å²) in [5.41, 5.74) is 11.3. The van der Waals surface area contributed by atoms with Crippen LogP contribution in [0.2, 0.25) is 0 Å². The van der Waals surface area contributed by atoms with Crippen molar-refractivity contribution in [2.24, 2.45) is 10.8 Å². The Balaban J connectivity index is 2.21. The van der Waals surface area contributed by atoms with Crippen molar-refractivity contribution in [3.8, 4) is 0 Å². The van der Waals surface area contributed by atoms with Crippen LogP contribution in [0.25, 0.3) is 0 Å². The average Bonchev–Trinajstić information content (AvgIpc) is 2.33. The molecule has 1 aliphatic heterocycles. The van der Waals surface area contributed by atoms with Crippen LogP contribution in [0, 0.1) is 0 Å². The molecule has 1 aliphatic rings. The first kappa shape index (κ1) is 10.8. The van der Waals surface area contributed by atoms with Crippen LogP contribution >= 0.6 is 0 Å². The largest absolute Gasteiger partial charge is 0.320 e. The summed E-state index contributed by atoms with van der Waals surface area (Å²) in [6, 6.07) is 7.68. The quantitative estimate of drug-likeness (QED) is 0.769. The summed E-state index contributed by atoms with van der Waals surface area (Å²) in [6.45, 7) is 2.11. The van der Waals surface area contributed by atoms with Crippen LogP contribution in [0.5, 0.6) is 0 Å². The van der Waals surface area contributed by atoms with Gasteiger partial charge in [-0.15, -0.1) is 0 Å². The van der Waals surface area contributed by atoms with Crippen LogP contribution < -0.4 is 11.2 Å². The first-order valence-electron chi connectivity index (χ1n) is 5.42. The van der Waals surface area contributed by atoms with Gasteiger partial charge in [0.25, 0.3) is 5.91 Å². The van der Waals surface area contributed by atoms with Gasteiger partial charge in [-0.05, 0) is 17.5 Å². The van der Waals surface area contributed by atoms with E-state index in [0.717, 1.165) is 17.7 Å². The molecule has 3 N–H and O–H groups in total. The SMILES string of the molecule is CCc1ccc(C2=NNC(=O)[C@@H](N)C2)cc1. The summed E-state index contributed by atoms with van der Waals surface area (Å²) in [7, 11) is 0. The highest BCUT2D eigenvalue weighted by Gasteiger charge is 2.21. The number of nitrogens with two attached hydrogens (primary N) is 1. The first-order chi connectivity index (χ1) is 7.70. The standard InChI is InChI=1S/C12H15N3O/c1-2-8-3-5-9(6-4-8)11-7-10(13)12(16)15-14-11/h3-6,10H,2,7,13H2,1H3,(H,15,16)/t10-/m0/s1. The lowest BCUT2D eigenvalue weighted by Gasteiger charge is -2.17. The van der Waals surface area contributed by atoms with Crippen molar-refractivity contribution in [3.63, 3.8) is 0 Å². The molecule has 84 valence electrons. The maximum atomic E-state index is 11.1. The van der Waals surface area contributed by atoms with Gasteiger partial charge in [-0.1, -0.05) is 31.2 Å². The molecule has 0 aromatic heterocycles. The molecule has 1 atom stereocenters. The molecule has 1 amide bonds. The molecule has 0 aliphatic carbocycles. The zero-order valence-corrected chi connectivity index (χ0v) is 9.23. The fraction of sp³-hybridized carbons (Fsp3) is 0.333. The molecule has 0 bridgehead atoms. The van der Waals surface area contributed by atoms with Gasteiger partial charge in [0.1, 0.15) is 0 Å². The summed E-state index contributed by atoms with van der Waals surface area (Å²) in [6.07, 6.45) is 1.51. The molecule has 4 nitrogen and oxygen atoms in total. The van der Waals surface area contributed by atoms with Gasteiger partial charge in [0.15, 0.2) is 0 Å². The summed E-state index contributed by atoms with van der Waals surface area (Å²) < 4.78 is 0. The number of amides is 1. The van der Waals surface area contributed by atoms with Crippen LogP contribution in [0.4, 0.5) is 0 Å². The number of hydrogen-bond donors (Lipinski definition) is 2. The number of nitrogens with zero attached hydrogens (tertiary/aromatic N) is 1. The molecular weight excluding hydrogens is 202 g/mol. The topological polar surface area (TPSA) is 67.5 Å². The molecule has 2 rings (SSSR count). The summed E-state index contributed by atoms with van der Waals surface area (Å²) in [5.74, 6) is -0.214. The van der Waals surface area contributed by atoms with Crippen LogP contribution in [0.15, 0.2) is 29.4 Å². The summed E-state index contributed by atoms with van der Waals surface area (Å²) in [5, 5.41) is 4.02. The Bertz CT molecular complexity index is 422. The van der Waals surface area contributed by atoms with E-state index in [-0.39, 0.29) is 5.91 Å². The Morgan fingerprint density at radius 1 is 1.44 bits per heavy atom. The smallest absolute Gasteiger partial charge is 0.257 e. The van der Waals surface area contributed by atoms with Gasteiger partial charge in [-0.25, -0.2) is 5.43 Å². The van der Waals surface area contributed by atoms with E-state index in [1.807, 2.05) is 12.1 Å². The van der Waals surface area contributed by atoms with Crippen molar-refractivity contribution in [1.29, 1.82) is 0 Å². The number of benzene rings is 1. The monoisotopic (exact) mass is 217 g/mol. The molecule has 0 radical (unpaired) electrons. The number of nitrogens with one attached hydrogen (secondary N) is 1.